The van der Waals surface area contributed by atoms with Crippen molar-refractivity contribution in [2.24, 2.45) is 0 Å². The summed E-state index contributed by atoms with van der Waals surface area (Å²) < 4.78 is 1.70. The molecular weight excluding hydrogens is 292 g/mol. The average Bonchev–Trinajstić information content (AvgIpc) is 2.95. The van der Waals surface area contributed by atoms with Crippen molar-refractivity contribution in [2.75, 3.05) is 0 Å². The van der Waals surface area contributed by atoms with E-state index >= 15 is 0 Å². The number of nitro benzene ring substituents is 1. The number of hydrogen-bond acceptors (Lipinski definition) is 4. The Morgan fingerprint density at radius 3 is 2.57 bits per heavy atom. The Hall–Kier alpha value is -3.28. The maximum atomic E-state index is 10.8. The number of benzene rings is 2. The molecule has 0 spiro atoms. The molecule has 0 saturated carbocycles. The van der Waals surface area contributed by atoms with Crippen LogP contribution in [-0.2, 0) is 0 Å². The van der Waals surface area contributed by atoms with E-state index in [0.717, 1.165) is 33.2 Å². The molecule has 0 amide bonds. The Morgan fingerprint density at radius 2 is 1.83 bits per heavy atom. The highest BCUT2D eigenvalue weighted by Gasteiger charge is 2.10. The van der Waals surface area contributed by atoms with Gasteiger partial charge in [0.1, 0.15) is 0 Å². The zero-order valence-electron chi connectivity index (χ0n) is 12.3. The second-order valence-electron chi connectivity index (χ2n) is 5.43. The van der Waals surface area contributed by atoms with E-state index in [4.69, 9.17) is 4.98 Å². The fraction of sp³-hybridized carbons (Fsp3) is 0.0588. The topological polar surface area (TPSA) is 73.8 Å². The first-order valence-electron chi connectivity index (χ1n) is 7.12. The number of aromatic nitrogens is 3. The van der Waals surface area contributed by atoms with Crippen molar-refractivity contribution in [3.63, 3.8) is 0 Å². The fourth-order valence-electron chi connectivity index (χ4n) is 2.63. The number of nitro groups is 1. The number of non-ortho nitro benzene ring substituents is 1. The lowest BCUT2D eigenvalue weighted by Crippen LogP contribution is -1.98. The third-order valence-electron chi connectivity index (χ3n) is 3.80. The quantitative estimate of drug-likeness (QED) is 0.417. The highest BCUT2D eigenvalue weighted by atomic mass is 16.6. The molecular formula is C17H12N4O2. The summed E-state index contributed by atoms with van der Waals surface area (Å²) in [7, 11) is 0. The zero-order valence-corrected chi connectivity index (χ0v) is 12.3. The van der Waals surface area contributed by atoms with Crippen molar-refractivity contribution in [1.29, 1.82) is 0 Å². The summed E-state index contributed by atoms with van der Waals surface area (Å²) in [6.07, 6.45) is 1.75. The van der Waals surface area contributed by atoms with Crippen LogP contribution < -0.4 is 0 Å². The molecule has 6 nitrogen and oxygen atoms in total. The summed E-state index contributed by atoms with van der Waals surface area (Å²) >= 11 is 0. The molecule has 2 aromatic heterocycles. The number of pyridine rings is 1. The minimum Gasteiger partial charge on any atom is -0.258 e. The second-order valence-corrected chi connectivity index (χ2v) is 5.43. The van der Waals surface area contributed by atoms with E-state index < -0.39 is 4.92 Å². The van der Waals surface area contributed by atoms with Gasteiger partial charge in [-0.3, -0.25) is 10.1 Å². The van der Waals surface area contributed by atoms with E-state index in [-0.39, 0.29) is 5.69 Å². The van der Waals surface area contributed by atoms with E-state index in [1.165, 1.54) is 12.1 Å². The standard InChI is InChI=1S/C17H12N4O2/c1-11-2-3-12-9-13-10-18-20(17(13)19-16(12)8-11)14-4-6-15(7-5-14)21(22)23/h2-10H,1H3. The highest BCUT2D eigenvalue weighted by Crippen LogP contribution is 2.23. The lowest BCUT2D eigenvalue weighted by Gasteiger charge is -2.04. The third-order valence-corrected chi connectivity index (χ3v) is 3.80. The molecule has 4 rings (SSSR count). The van der Waals surface area contributed by atoms with Crippen LogP contribution in [0.25, 0.3) is 27.6 Å². The molecule has 23 heavy (non-hydrogen) atoms. The number of nitrogens with zero attached hydrogens (tertiary/aromatic N) is 4. The predicted molar refractivity (Wildman–Crippen MR) is 87.8 cm³/mol. The van der Waals surface area contributed by atoms with Crippen LogP contribution in [0.3, 0.4) is 0 Å². The summed E-state index contributed by atoms with van der Waals surface area (Å²) in [5.41, 5.74) is 3.58. The van der Waals surface area contributed by atoms with Crippen LogP contribution in [0.1, 0.15) is 5.56 Å². The molecule has 0 aliphatic rings. The van der Waals surface area contributed by atoms with Gasteiger partial charge in [-0.1, -0.05) is 12.1 Å². The van der Waals surface area contributed by atoms with E-state index in [1.807, 2.05) is 25.1 Å². The van der Waals surface area contributed by atoms with Gasteiger partial charge in [0.15, 0.2) is 5.65 Å². The normalized spacial score (nSPS) is 11.2. The summed E-state index contributed by atoms with van der Waals surface area (Å²) in [5, 5.41) is 17.1. The van der Waals surface area contributed by atoms with Gasteiger partial charge < -0.3 is 0 Å². The fourth-order valence-corrected chi connectivity index (χ4v) is 2.63. The molecule has 0 aliphatic heterocycles. The second kappa shape index (κ2) is 4.88. The minimum absolute atomic E-state index is 0.0549. The molecule has 2 heterocycles. The monoisotopic (exact) mass is 304 g/mol. The Bertz CT molecular complexity index is 1050. The first kappa shape index (κ1) is 13.4. The first-order valence-corrected chi connectivity index (χ1v) is 7.12. The predicted octanol–water partition coefficient (Wildman–Crippen LogP) is 3.79. The molecule has 0 bridgehead atoms. The number of aryl methyl sites for hydroxylation is 1. The highest BCUT2D eigenvalue weighted by molar-refractivity contribution is 5.91. The van der Waals surface area contributed by atoms with Crippen molar-refractivity contribution in [3.05, 3.63) is 70.4 Å². The van der Waals surface area contributed by atoms with Crippen LogP contribution in [-0.4, -0.2) is 19.7 Å². The van der Waals surface area contributed by atoms with Gasteiger partial charge in [0.25, 0.3) is 5.69 Å². The average molecular weight is 304 g/mol. The molecule has 4 aromatic rings. The van der Waals surface area contributed by atoms with E-state index in [9.17, 15) is 10.1 Å². The van der Waals surface area contributed by atoms with Gasteiger partial charge in [-0.2, -0.15) is 5.10 Å². The zero-order chi connectivity index (χ0) is 16.0. The van der Waals surface area contributed by atoms with Crippen LogP contribution in [0.5, 0.6) is 0 Å². The van der Waals surface area contributed by atoms with E-state index in [2.05, 4.69) is 11.2 Å². The van der Waals surface area contributed by atoms with Crippen molar-refractivity contribution in [2.45, 2.75) is 6.92 Å². The maximum Gasteiger partial charge on any atom is 0.269 e. The number of fused-ring (bicyclic) bond motifs is 2. The number of hydrogen-bond donors (Lipinski definition) is 0. The smallest absolute Gasteiger partial charge is 0.258 e. The Balaban J connectivity index is 1.91. The maximum absolute atomic E-state index is 10.8. The first-order chi connectivity index (χ1) is 11.1. The van der Waals surface area contributed by atoms with Gasteiger partial charge in [-0.05, 0) is 36.8 Å². The lowest BCUT2D eigenvalue weighted by atomic mass is 10.1. The Kier molecular flexibility index (Phi) is 2.84. The Labute approximate surface area is 131 Å². The van der Waals surface area contributed by atoms with Gasteiger partial charge in [-0.25, -0.2) is 9.67 Å². The molecule has 6 heteroatoms. The van der Waals surface area contributed by atoms with Gasteiger partial charge >= 0.3 is 0 Å². The molecule has 0 aliphatic carbocycles. The molecule has 0 atom stereocenters. The van der Waals surface area contributed by atoms with Crippen LogP contribution >= 0.6 is 0 Å². The number of rotatable bonds is 2. The lowest BCUT2D eigenvalue weighted by molar-refractivity contribution is -0.384. The molecule has 0 saturated heterocycles. The van der Waals surface area contributed by atoms with Crippen LogP contribution in [0.15, 0.2) is 54.7 Å². The van der Waals surface area contributed by atoms with Gasteiger partial charge in [0.05, 0.1) is 22.3 Å². The summed E-state index contributed by atoms with van der Waals surface area (Å²) in [6.45, 7) is 2.03. The van der Waals surface area contributed by atoms with Crippen molar-refractivity contribution >= 4 is 27.6 Å². The third kappa shape index (κ3) is 2.20. The summed E-state index contributed by atoms with van der Waals surface area (Å²) in [6, 6.07) is 14.5. The summed E-state index contributed by atoms with van der Waals surface area (Å²) in [4.78, 5) is 15.0. The van der Waals surface area contributed by atoms with E-state index in [1.54, 1.807) is 23.0 Å². The van der Waals surface area contributed by atoms with Crippen LogP contribution in [0.4, 0.5) is 5.69 Å². The van der Waals surface area contributed by atoms with Crippen LogP contribution in [0.2, 0.25) is 0 Å². The van der Waals surface area contributed by atoms with E-state index in [0.29, 0.717) is 0 Å². The molecule has 0 fully saturated rings. The SMILES string of the molecule is Cc1ccc2cc3cnn(-c4ccc([N+](=O)[O-])cc4)c3nc2c1. The minimum atomic E-state index is -0.417. The van der Waals surface area contributed by atoms with Crippen molar-refractivity contribution in [1.82, 2.24) is 14.8 Å². The molecule has 0 N–H and O–H groups in total. The summed E-state index contributed by atoms with van der Waals surface area (Å²) in [5.74, 6) is 0. The molecule has 0 unspecified atom stereocenters. The van der Waals surface area contributed by atoms with Crippen molar-refractivity contribution in [3.8, 4) is 5.69 Å². The van der Waals surface area contributed by atoms with Crippen LogP contribution in [0, 0.1) is 17.0 Å². The van der Waals surface area contributed by atoms with Gasteiger partial charge in [0, 0.05) is 22.9 Å². The molecule has 112 valence electrons. The molecule has 0 radical (unpaired) electrons. The van der Waals surface area contributed by atoms with Gasteiger partial charge in [0.2, 0.25) is 0 Å². The largest absolute Gasteiger partial charge is 0.269 e. The Morgan fingerprint density at radius 1 is 1.04 bits per heavy atom. The molecule has 2 aromatic carbocycles. The van der Waals surface area contributed by atoms with Gasteiger partial charge in [-0.15, -0.1) is 0 Å². The van der Waals surface area contributed by atoms with Crippen molar-refractivity contribution < 1.29 is 4.92 Å².